The van der Waals surface area contributed by atoms with Gasteiger partial charge in [0.15, 0.2) is 6.29 Å². The standard InChI is InChI=1S/C12H16O12/c13-2-1-3(9(17)18)22-12(4(2)14)24-7-5(15)6(16)11(21)23-8(7)10(19)20/h1-2,4-8,11-16,21H,(H,17,18)(H,19,20)/p-2/t2-,4+,5+,6+,7+,8-,11?,12+/m0/s1. The number of hydrogen-bond donors (Lipinski definition) is 5. The number of aliphatic hydroxyl groups is 5. The summed E-state index contributed by atoms with van der Waals surface area (Å²) in [5.74, 6) is -4.66. The highest BCUT2D eigenvalue weighted by atomic mass is 16.7. The molecule has 5 N–H and O–H groups in total. The Hall–Kier alpha value is -1.80. The predicted molar refractivity (Wildman–Crippen MR) is 62.8 cm³/mol. The van der Waals surface area contributed by atoms with Crippen LogP contribution in [0.5, 0.6) is 0 Å². The summed E-state index contributed by atoms with van der Waals surface area (Å²) in [6.45, 7) is 0. The van der Waals surface area contributed by atoms with Crippen molar-refractivity contribution in [2.24, 2.45) is 0 Å². The van der Waals surface area contributed by atoms with E-state index in [1.54, 1.807) is 0 Å². The number of rotatable bonds is 4. The number of hydrogen-bond acceptors (Lipinski definition) is 12. The van der Waals surface area contributed by atoms with Gasteiger partial charge in [-0.1, -0.05) is 0 Å². The Labute approximate surface area is 133 Å². The molecular formula is C12H14O12-2. The Kier molecular flexibility index (Phi) is 5.39. The molecule has 24 heavy (non-hydrogen) atoms. The van der Waals surface area contributed by atoms with Gasteiger partial charge in [-0.3, -0.25) is 0 Å². The maximum Gasteiger partial charge on any atom is 0.229 e. The van der Waals surface area contributed by atoms with Gasteiger partial charge in [0.05, 0.1) is 5.97 Å². The molecule has 0 aromatic carbocycles. The highest BCUT2D eigenvalue weighted by molar-refractivity contribution is 5.82. The molecule has 0 aromatic rings. The lowest BCUT2D eigenvalue weighted by molar-refractivity contribution is -0.360. The van der Waals surface area contributed by atoms with Crippen molar-refractivity contribution in [1.82, 2.24) is 0 Å². The van der Waals surface area contributed by atoms with E-state index in [1.165, 1.54) is 0 Å². The van der Waals surface area contributed by atoms with Gasteiger partial charge in [0.2, 0.25) is 6.29 Å². The summed E-state index contributed by atoms with van der Waals surface area (Å²) in [5.41, 5.74) is 0. The molecule has 2 aliphatic rings. The SMILES string of the molecule is O=C([O-])C1=C[C@H](O)[C@@H](O)[C@@H](O[C@@H]2[C@H](O)[C@@H](O)C(O)O[C@@H]2C(=O)[O-])O1. The monoisotopic (exact) mass is 350 g/mol. The van der Waals surface area contributed by atoms with Gasteiger partial charge in [-0.25, -0.2) is 0 Å². The quantitative estimate of drug-likeness (QED) is 0.320. The van der Waals surface area contributed by atoms with E-state index in [4.69, 9.17) is 9.47 Å². The average Bonchev–Trinajstić information content (AvgIpc) is 2.51. The van der Waals surface area contributed by atoms with Crippen LogP contribution in [0.1, 0.15) is 0 Å². The third kappa shape index (κ3) is 3.49. The summed E-state index contributed by atoms with van der Waals surface area (Å²) in [5, 5.41) is 69.7. The van der Waals surface area contributed by atoms with Crippen molar-refractivity contribution in [3.63, 3.8) is 0 Å². The second-order valence-electron chi connectivity index (χ2n) is 5.13. The van der Waals surface area contributed by atoms with Gasteiger partial charge in [-0.05, 0) is 6.08 Å². The minimum atomic E-state index is -2.08. The van der Waals surface area contributed by atoms with Gasteiger partial charge in [0.1, 0.15) is 48.4 Å². The van der Waals surface area contributed by atoms with Crippen LogP contribution in [-0.4, -0.2) is 86.7 Å². The van der Waals surface area contributed by atoms with Gasteiger partial charge < -0.3 is 59.5 Å². The molecular weight excluding hydrogens is 336 g/mol. The molecule has 12 heteroatoms. The minimum Gasteiger partial charge on any atom is -0.547 e. The maximum atomic E-state index is 11.0. The van der Waals surface area contributed by atoms with E-state index in [1.807, 2.05) is 0 Å². The Morgan fingerprint density at radius 2 is 1.67 bits per heavy atom. The molecule has 1 fully saturated rings. The van der Waals surface area contributed by atoms with Crippen LogP contribution in [0.15, 0.2) is 11.8 Å². The molecule has 2 aliphatic heterocycles. The third-order valence-electron chi connectivity index (χ3n) is 3.48. The molecule has 2 rings (SSSR count). The Bertz CT molecular complexity index is 532. The van der Waals surface area contributed by atoms with Gasteiger partial charge in [0, 0.05) is 0 Å². The fourth-order valence-electron chi connectivity index (χ4n) is 2.22. The fourth-order valence-corrected chi connectivity index (χ4v) is 2.22. The van der Waals surface area contributed by atoms with Crippen molar-refractivity contribution in [3.8, 4) is 0 Å². The van der Waals surface area contributed by atoms with Crippen LogP contribution in [0, 0.1) is 0 Å². The van der Waals surface area contributed by atoms with Crippen molar-refractivity contribution in [2.75, 3.05) is 0 Å². The Morgan fingerprint density at radius 1 is 1.04 bits per heavy atom. The molecule has 1 saturated heterocycles. The molecule has 1 unspecified atom stereocenters. The summed E-state index contributed by atoms with van der Waals surface area (Å²) >= 11 is 0. The topological polar surface area (TPSA) is 209 Å². The lowest BCUT2D eigenvalue weighted by Gasteiger charge is -2.43. The summed E-state index contributed by atoms with van der Waals surface area (Å²) < 4.78 is 14.2. The third-order valence-corrected chi connectivity index (χ3v) is 3.48. The number of ether oxygens (including phenoxy) is 3. The molecule has 0 spiro atoms. The first-order chi connectivity index (χ1) is 11.1. The molecule has 0 aromatic heterocycles. The maximum absolute atomic E-state index is 11.0. The van der Waals surface area contributed by atoms with Crippen LogP contribution < -0.4 is 10.2 Å². The van der Waals surface area contributed by atoms with Crippen LogP contribution in [0.25, 0.3) is 0 Å². The van der Waals surface area contributed by atoms with E-state index in [9.17, 15) is 45.3 Å². The van der Waals surface area contributed by atoms with Crippen molar-refractivity contribution in [2.45, 2.75) is 49.2 Å². The molecule has 136 valence electrons. The van der Waals surface area contributed by atoms with E-state index in [-0.39, 0.29) is 0 Å². The van der Waals surface area contributed by atoms with Crippen molar-refractivity contribution in [3.05, 3.63) is 11.8 Å². The van der Waals surface area contributed by atoms with Crippen LogP contribution in [-0.2, 0) is 23.8 Å². The lowest BCUT2D eigenvalue weighted by Crippen LogP contribution is -2.64. The van der Waals surface area contributed by atoms with Gasteiger partial charge in [0.25, 0.3) is 0 Å². The second-order valence-corrected chi connectivity index (χ2v) is 5.13. The summed E-state index contributed by atoms with van der Waals surface area (Å²) in [6.07, 6.45) is -14.9. The zero-order chi connectivity index (χ0) is 18.2. The minimum absolute atomic E-state index is 0.627. The number of aliphatic carboxylic acids is 2. The zero-order valence-electron chi connectivity index (χ0n) is 11.8. The van der Waals surface area contributed by atoms with Crippen molar-refractivity contribution in [1.29, 1.82) is 0 Å². The zero-order valence-corrected chi connectivity index (χ0v) is 11.8. The fraction of sp³-hybridized carbons (Fsp3) is 0.667. The first-order valence-electron chi connectivity index (χ1n) is 6.65. The molecule has 12 nitrogen and oxygen atoms in total. The van der Waals surface area contributed by atoms with Crippen molar-refractivity contribution < 1.29 is 59.5 Å². The molecule has 2 heterocycles. The molecule has 0 radical (unpaired) electrons. The average molecular weight is 350 g/mol. The van der Waals surface area contributed by atoms with E-state index < -0.39 is 66.9 Å². The Morgan fingerprint density at radius 3 is 2.21 bits per heavy atom. The number of carbonyl (C=O) groups excluding carboxylic acids is 2. The predicted octanol–water partition coefficient (Wildman–Crippen LogP) is -6.73. The highest BCUT2D eigenvalue weighted by Crippen LogP contribution is 2.27. The van der Waals surface area contributed by atoms with Crippen LogP contribution in [0.3, 0.4) is 0 Å². The molecule has 0 bridgehead atoms. The lowest BCUT2D eigenvalue weighted by atomic mass is 9.98. The molecule has 0 aliphatic carbocycles. The normalized spacial score (nSPS) is 42.8. The second kappa shape index (κ2) is 6.98. The van der Waals surface area contributed by atoms with Crippen molar-refractivity contribution >= 4 is 11.9 Å². The molecule has 8 atom stereocenters. The van der Waals surface area contributed by atoms with Crippen LogP contribution in [0.2, 0.25) is 0 Å². The molecule has 0 saturated carbocycles. The largest absolute Gasteiger partial charge is 0.547 e. The number of carboxylic acids is 2. The number of aliphatic hydroxyl groups excluding tert-OH is 5. The molecule has 0 amide bonds. The summed E-state index contributed by atoms with van der Waals surface area (Å²) in [4.78, 5) is 21.8. The Balaban J connectivity index is 2.21. The van der Waals surface area contributed by atoms with Gasteiger partial charge in [-0.2, -0.15) is 0 Å². The summed E-state index contributed by atoms with van der Waals surface area (Å²) in [6, 6.07) is 0. The number of carbonyl (C=O) groups is 2. The first-order valence-corrected chi connectivity index (χ1v) is 6.65. The van der Waals surface area contributed by atoms with Gasteiger partial charge in [-0.15, -0.1) is 0 Å². The van der Waals surface area contributed by atoms with Crippen LogP contribution >= 0.6 is 0 Å². The smallest absolute Gasteiger partial charge is 0.229 e. The highest BCUT2D eigenvalue weighted by Gasteiger charge is 2.48. The number of carboxylic acid groups (broad SMARTS) is 2. The first kappa shape index (κ1) is 18.5. The van der Waals surface area contributed by atoms with Crippen LogP contribution in [0.4, 0.5) is 0 Å². The van der Waals surface area contributed by atoms with E-state index >= 15 is 0 Å². The van der Waals surface area contributed by atoms with E-state index in [0.29, 0.717) is 6.08 Å². The summed E-state index contributed by atoms with van der Waals surface area (Å²) in [7, 11) is 0. The van der Waals surface area contributed by atoms with E-state index in [0.717, 1.165) is 0 Å². The van der Waals surface area contributed by atoms with E-state index in [2.05, 4.69) is 4.74 Å². The van der Waals surface area contributed by atoms with Gasteiger partial charge >= 0.3 is 0 Å².